The van der Waals surface area contributed by atoms with Crippen molar-refractivity contribution < 1.29 is 4.74 Å². The minimum Gasteiger partial charge on any atom is -0.376 e. The average Bonchev–Trinajstić information content (AvgIpc) is 2.48. The van der Waals surface area contributed by atoms with Crippen LogP contribution in [0.25, 0.3) is 0 Å². The number of aromatic nitrogens is 2. The molecule has 1 heterocycles. The van der Waals surface area contributed by atoms with Gasteiger partial charge in [-0.25, -0.2) is 4.68 Å². The van der Waals surface area contributed by atoms with Gasteiger partial charge < -0.3 is 4.74 Å². The van der Waals surface area contributed by atoms with Crippen molar-refractivity contribution in [1.82, 2.24) is 9.78 Å². The van der Waals surface area contributed by atoms with E-state index in [0.717, 1.165) is 23.5 Å². The van der Waals surface area contributed by atoms with Gasteiger partial charge in [0, 0.05) is 5.75 Å². The zero-order valence-electron chi connectivity index (χ0n) is 15.3. The van der Waals surface area contributed by atoms with Crippen LogP contribution in [-0.2, 0) is 10.3 Å². The number of ether oxygens (including phenoxy) is 1. The Hall–Kier alpha value is -0.520. The van der Waals surface area contributed by atoms with Gasteiger partial charge in [0.15, 0.2) is 0 Å². The summed E-state index contributed by atoms with van der Waals surface area (Å²) in [5, 5.41) is 4.59. The highest BCUT2D eigenvalue weighted by Crippen LogP contribution is 2.33. The molecule has 0 atom stereocenters. The SMILES string of the molecule is CC(C)OC1CCC(CSc2cnn(C(C)(C)C)c(=O)c2Cl)CC1. The van der Waals surface area contributed by atoms with Gasteiger partial charge in [-0.1, -0.05) is 11.6 Å². The molecule has 1 aromatic rings. The first kappa shape index (κ1) is 19.8. The topological polar surface area (TPSA) is 44.1 Å². The Morgan fingerprint density at radius 3 is 2.50 bits per heavy atom. The second-order valence-corrected chi connectivity index (χ2v) is 9.29. The summed E-state index contributed by atoms with van der Waals surface area (Å²) in [7, 11) is 0. The van der Waals surface area contributed by atoms with E-state index in [1.165, 1.54) is 17.5 Å². The van der Waals surface area contributed by atoms with Gasteiger partial charge in [0.25, 0.3) is 5.56 Å². The predicted octanol–water partition coefficient (Wildman–Crippen LogP) is 4.73. The van der Waals surface area contributed by atoms with E-state index in [-0.39, 0.29) is 11.1 Å². The smallest absolute Gasteiger partial charge is 0.287 e. The van der Waals surface area contributed by atoms with Crippen molar-refractivity contribution in [3.05, 3.63) is 21.6 Å². The molecule has 1 aliphatic rings. The number of hydrogen-bond acceptors (Lipinski definition) is 4. The maximum absolute atomic E-state index is 12.4. The molecule has 1 aromatic heterocycles. The highest BCUT2D eigenvalue weighted by molar-refractivity contribution is 7.99. The van der Waals surface area contributed by atoms with Gasteiger partial charge in [-0.2, -0.15) is 5.10 Å². The summed E-state index contributed by atoms with van der Waals surface area (Å²) < 4.78 is 7.35. The maximum Gasteiger partial charge on any atom is 0.287 e. The molecule has 0 amide bonds. The van der Waals surface area contributed by atoms with Crippen molar-refractivity contribution in [1.29, 1.82) is 0 Å². The highest BCUT2D eigenvalue weighted by atomic mass is 35.5. The largest absolute Gasteiger partial charge is 0.376 e. The number of nitrogens with zero attached hydrogens (tertiary/aromatic N) is 2. The summed E-state index contributed by atoms with van der Waals surface area (Å²) in [6.07, 6.45) is 7.05. The molecule has 0 bridgehead atoms. The monoisotopic (exact) mass is 372 g/mol. The lowest BCUT2D eigenvalue weighted by atomic mass is 9.88. The summed E-state index contributed by atoms with van der Waals surface area (Å²) in [5.41, 5.74) is -0.568. The molecule has 4 nitrogen and oxygen atoms in total. The van der Waals surface area contributed by atoms with Crippen LogP contribution in [0, 0.1) is 5.92 Å². The van der Waals surface area contributed by atoms with Gasteiger partial charge in [0.05, 0.1) is 28.8 Å². The highest BCUT2D eigenvalue weighted by Gasteiger charge is 2.24. The van der Waals surface area contributed by atoms with Crippen molar-refractivity contribution in [2.24, 2.45) is 5.92 Å². The van der Waals surface area contributed by atoms with E-state index in [1.54, 1.807) is 18.0 Å². The van der Waals surface area contributed by atoms with E-state index in [4.69, 9.17) is 16.3 Å². The van der Waals surface area contributed by atoms with Gasteiger partial charge in [0.2, 0.25) is 0 Å². The Morgan fingerprint density at radius 2 is 1.96 bits per heavy atom. The first-order chi connectivity index (χ1) is 11.2. The summed E-state index contributed by atoms with van der Waals surface area (Å²) in [4.78, 5) is 13.2. The molecule has 6 heteroatoms. The number of halogens is 1. The first-order valence-corrected chi connectivity index (χ1v) is 10.1. The number of thioether (sulfide) groups is 1. The van der Waals surface area contributed by atoms with Crippen LogP contribution < -0.4 is 5.56 Å². The molecule has 0 radical (unpaired) electrons. The molecule has 1 saturated carbocycles. The lowest BCUT2D eigenvalue weighted by molar-refractivity contribution is -0.0180. The van der Waals surface area contributed by atoms with E-state index >= 15 is 0 Å². The molecular weight excluding hydrogens is 344 g/mol. The van der Waals surface area contributed by atoms with Crippen LogP contribution in [0.2, 0.25) is 5.02 Å². The minimum atomic E-state index is -0.362. The van der Waals surface area contributed by atoms with E-state index in [0.29, 0.717) is 23.1 Å². The molecule has 0 saturated heterocycles. The van der Waals surface area contributed by atoms with Crippen LogP contribution in [0.5, 0.6) is 0 Å². The third-order valence-corrected chi connectivity index (χ3v) is 5.99. The Kier molecular flexibility index (Phi) is 6.80. The molecule has 0 aromatic carbocycles. The van der Waals surface area contributed by atoms with Crippen LogP contribution in [0.3, 0.4) is 0 Å². The molecule has 0 aliphatic heterocycles. The molecule has 0 unspecified atom stereocenters. The molecule has 1 fully saturated rings. The number of rotatable bonds is 5. The van der Waals surface area contributed by atoms with Gasteiger partial charge in [0.1, 0.15) is 5.02 Å². The quantitative estimate of drug-likeness (QED) is 0.701. The average molecular weight is 373 g/mol. The van der Waals surface area contributed by atoms with E-state index in [2.05, 4.69) is 18.9 Å². The zero-order valence-corrected chi connectivity index (χ0v) is 16.9. The van der Waals surface area contributed by atoms with Crippen molar-refractivity contribution in [2.45, 2.75) is 82.9 Å². The Bertz CT molecular complexity index is 602. The van der Waals surface area contributed by atoms with Crippen LogP contribution in [0.15, 0.2) is 15.9 Å². The van der Waals surface area contributed by atoms with Gasteiger partial charge in [-0.15, -0.1) is 11.8 Å². The van der Waals surface area contributed by atoms with E-state index in [1.807, 2.05) is 20.8 Å². The van der Waals surface area contributed by atoms with Gasteiger partial charge in [-0.3, -0.25) is 4.79 Å². The number of hydrogen-bond donors (Lipinski definition) is 0. The second kappa shape index (κ2) is 8.24. The third-order valence-electron chi connectivity index (χ3n) is 4.26. The Balaban J connectivity index is 1.92. The molecule has 136 valence electrons. The summed E-state index contributed by atoms with van der Waals surface area (Å²) >= 11 is 7.94. The normalized spacial score (nSPS) is 22.1. The maximum atomic E-state index is 12.4. The van der Waals surface area contributed by atoms with Gasteiger partial charge >= 0.3 is 0 Å². The van der Waals surface area contributed by atoms with Crippen molar-refractivity contribution in [3.8, 4) is 0 Å². The minimum absolute atomic E-state index is 0.205. The fraction of sp³-hybridized carbons (Fsp3) is 0.778. The predicted molar refractivity (Wildman–Crippen MR) is 101 cm³/mol. The molecule has 0 N–H and O–H groups in total. The molecule has 1 aliphatic carbocycles. The van der Waals surface area contributed by atoms with Crippen molar-refractivity contribution >= 4 is 23.4 Å². The standard InChI is InChI=1S/C18H29ClN2O2S/c1-12(2)23-14-8-6-13(7-9-14)11-24-15-10-20-21(18(3,4)5)17(22)16(15)19/h10,12-14H,6-9,11H2,1-5H3. The first-order valence-electron chi connectivity index (χ1n) is 8.75. The van der Waals surface area contributed by atoms with Gasteiger partial charge in [-0.05, 0) is 66.2 Å². The second-order valence-electron chi connectivity index (χ2n) is 7.85. The Labute approximate surface area is 154 Å². The van der Waals surface area contributed by atoms with E-state index in [9.17, 15) is 4.79 Å². The van der Waals surface area contributed by atoms with Crippen molar-refractivity contribution in [3.63, 3.8) is 0 Å². The lowest BCUT2D eigenvalue weighted by Crippen LogP contribution is -2.36. The van der Waals surface area contributed by atoms with Crippen molar-refractivity contribution in [2.75, 3.05) is 5.75 Å². The Morgan fingerprint density at radius 1 is 1.33 bits per heavy atom. The zero-order chi connectivity index (χ0) is 17.9. The van der Waals surface area contributed by atoms with Crippen LogP contribution in [-0.4, -0.2) is 27.7 Å². The third kappa shape index (κ3) is 5.24. The van der Waals surface area contributed by atoms with Crippen LogP contribution in [0.4, 0.5) is 0 Å². The fourth-order valence-corrected chi connectivity index (χ4v) is 4.40. The van der Waals surface area contributed by atoms with Crippen LogP contribution >= 0.6 is 23.4 Å². The van der Waals surface area contributed by atoms with Crippen LogP contribution in [0.1, 0.15) is 60.3 Å². The lowest BCUT2D eigenvalue weighted by Gasteiger charge is -2.29. The molecular formula is C18H29ClN2O2S. The molecule has 0 spiro atoms. The van der Waals surface area contributed by atoms with E-state index < -0.39 is 0 Å². The fourth-order valence-electron chi connectivity index (χ4n) is 3.02. The molecule has 2 rings (SSSR count). The summed E-state index contributed by atoms with van der Waals surface area (Å²) in [6.45, 7) is 10.0. The summed E-state index contributed by atoms with van der Waals surface area (Å²) in [5.74, 6) is 1.64. The summed E-state index contributed by atoms with van der Waals surface area (Å²) in [6, 6.07) is 0. The molecule has 24 heavy (non-hydrogen) atoms.